The molecule has 2 heterocycles. The van der Waals surface area contributed by atoms with Crippen molar-refractivity contribution in [1.29, 1.82) is 0 Å². The van der Waals surface area contributed by atoms with Crippen LogP contribution in [0.5, 0.6) is 5.75 Å². The van der Waals surface area contributed by atoms with Gasteiger partial charge in [0.25, 0.3) is 5.91 Å². The highest BCUT2D eigenvalue weighted by Gasteiger charge is 2.39. The Morgan fingerprint density at radius 2 is 1.97 bits per heavy atom. The van der Waals surface area contributed by atoms with Crippen molar-refractivity contribution in [2.24, 2.45) is 5.92 Å². The van der Waals surface area contributed by atoms with Crippen LogP contribution in [0, 0.1) is 5.92 Å². The summed E-state index contributed by atoms with van der Waals surface area (Å²) in [5.74, 6) is -2.07. The van der Waals surface area contributed by atoms with Gasteiger partial charge < -0.3 is 15.4 Å². The first-order valence-corrected chi connectivity index (χ1v) is 15.2. The lowest BCUT2D eigenvalue weighted by Crippen LogP contribution is -2.34. The van der Waals surface area contributed by atoms with Crippen molar-refractivity contribution < 1.29 is 26.7 Å². The highest BCUT2D eigenvalue weighted by Crippen LogP contribution is 2.39. The van der Waals surface area contributed by atoms with Gasteiger partial charge in [0.15, 0.2) is 5.69 Å². The molecule has 210 valence electrons. The van der Waals surface area contributed by atoms with E-state index in [2.05, 4.69) is 20.7 Å². The van der Waals surface area contributed by atoms with Gasteiger partial charge in [0.2, 0.25) is 5.92 Å². The van der Waals surface area contributed by atoms with Crippen molar-refractivity contribution in [3.8, 4) is 17.0 Å². The zero-order valence-corrected chi connectivity index (χ0v) is 23.3. The number of pyridine rings is 1. The van der Waals surface area contributed by atoms with E-state index in [4.69, 9.17) is 16.3 Å². The summed E-state index contributed by atoms with van der Waals surface area (Å²) in [4.78, 5) is 17.4. The molecule has 2 aliphatic rings. The Balaban J connectivity index is 1.47. The van der Waals surface area contributed by atoms with E-state index in [1.165, 1.54) is 19.6 Å². The summed E-state index contributed by atoms with van der Waals surface area (Å²) in [7, 11) is -1.56. The third-order valence-electron chi connectivity index (χ3n) is 7.46. The second-order valence-electron chi connectivity index (χ2n) is 10.2. The fraction of sp³-hybridized carbons (Fsp3) is 0.640. The summed E-state index contributed by atoms with van der Waals surface area (Å²) in [6, 6.07) is 1.25. The number of aryl methyl sites for hydroxylation is 1. The highest BCUT2D eigenvalue weighted by atomic mass is 35.5. The SMILES string of the molecule is CCn1nc(C(=O)NCC2CCC(S(C)(=O)=O)CC2)c(Cl)c1-c1cnc(NC2CCC(F)(F)C2)cc1OC. The number of anilines is 1. The molecule has 2 N–H and O–H groups in total. The van der Waals surface area contributed by atoms with Gasteiger partial charge in [0, 0.05) is 50.5 Å². The van der Waals surface area contributed by atoms with Crippen molar-refractivity contribution in [2.45, 2.75) is 75.6 Å². The molecule has 2 aromatic heterocycles. The Morgan fingerprint density at radius 1 is 1.26 bits per heavy atom. The van der Waals surface area contributed by atoms with Crippen molar-refractivity contribution in [2.75, 3.05) is 25.2 Å². The number of nitrogens with zero attached hydrogens (tertiary/aromatic N) is 3. The monoisotopic (exact) mass is 573 g/mol. The van der Waals surface area contributed by atoms with Gasteiger partial charge >= 0.3 is 0 Å². The zero-order chi connectivity index (χ0) is 27.7. The van der Waals surface area contributed by atoms with Crippen LogP contribution < -0.4 is 15.4 Å². The first-order valence-electron chi connectivity index (χ1n) is 12.8. The smallest absolute Gasteiger partial charge is 0.273 e. The van der Waals surface area contributed by atoms with E-state index in [1.807, 2.05) is 6.92 Å². The largest absolute Gasteiger partial charge is 0.496 e. The Bertz CT molecular complexity index is 1280. The van der Waals surface area contributed by atoms with Gasteiger partial charge in [-0.25, -0.2) is 22.2 Å². The molecule has 0 aromatic carbocycles. The fourth-order valence-corrected chi connectivity index (χ4v) is 6.75. The number of halogens is 3. The average Bonchev–Trinajstić information content (AvgIpc) is 3.39. The molecule has 0 aliphatic heterocycles. The van der Waals surface area contributed by atoms with Crippen LogP contribution in [-0.2, 0) is 16.4 Å². The Morgan fingerprint density at radius 3 is 2.55 bits per heavy atom. The lowest BCUT2D eigenvalue weighted by molar-refractivity contribution is 0.00851. The van der Waals surface area contributed by atoms with Crippen LogP contribution in [0.3, 0.4) is 0 Å². The van der Waals surface area contributed by atoms with Gasteiger partial charge in [-0.15, -0.1) is 0 Å². The minimum Gasteiger partial charge on any atom is -0.496 e. The first-order chi connectivity index (χ1) is 17.9. The van der Waals surface area contributed by atoms with Crippen molar-refractivity contribution >= 4 is 33.2 Å². The van der Waals surface area contributed by atoms with Gasteiger partial charge in [-0.3, -0.25) is 9.48 Å². The van der Waals surface area contributed by atoms with Crippen molar-refractivity contribution in [3.05, 3.63) is 23.0 Å². The number of rotatable bonds is 9. The van der Waals surface area contributed by atoms with Crippen LogP contribution >= 0.6 is 11.6 Å². The van der Waals surface area contributed by atoms with Gasteiger partial charge in [0.1, 0.15) is 21.4 Å². The van der Waals surface area contributed by atoms with E-state index in [0.29, 0.717) is 55.2 Å². The predicted octanol–water partition coefficient (Wildman–Crippen LogP) is 4.56. The molecule has 38 heavy (non-hydrogen) atoms. The molecule has 0 saturated heterocycles. The zero-order valence-electron chi connectivity index (χ0n) is 21.8. The lowest BCUT2D eigenvalue weighted by Gasteiger charge is -2.27. The van der Waals surface area contributed by atoms with E-state index in [0.717, 1.165) is 12.8 Å². The van der Waals surface area contributed by atoms with Gasteiger partial charge in [-0.2, -0.15) is 5.10 Å². The van der Waals surface area contributed by atoms with Gasteiger partial charge in [-0.1, -0.05) is 11.6 Å². The minimum atomic E-state index is -3.05. The number of ether oxygens (including phenoxy) is 1. The van der Waals surface area contributed by atoms with Crippen LogP contribution in [0.2, 0.25) is 5.02 Å². The van der Waals surface area contributed by atoms with E-state index in [1.54, 1.807) is 10.7 Å². The Hall–Kier alpha value is -2.47. The maximum Gasteiger partial charge on any atom is 0.273 e. The van der Waals surface area contributed by atoms with Crippen molar-refractivity contribution in [3.63, 3.8) is 0 Å². The van der Waals surface area contributed by atoms with Crippen LogP contribution in [-0.4, -0.2) is 66.2 Å². The van der Waals surface area contributed by atoms with Crippen molar-refractivity contribution in [1.82, 2.24) is 20.1 Å². The molecule has 2 fully saturated rings. The van der Waals surface area contributed by atoms with E-state index in [-0.39, 0.29) is 40.8 Å². The number of carbonyl (C=O) groups is 1. The lowest BCUT2D eigenvalue weighted by atomic mass is 9.89. The molecule has 2 aliphatic carbocycles. The maximum atomic E-state index is 13.6. The molecular weight excluding hydrogens is 540 g/mol. The number of alkyl halides is 2. The molecule has 1 amide bonds. The highest BCUT2D eigenvalue weighted by molar-refractivity contribution is 7.91. The standard InChI is InChI=1S/C25H34ClF2N5O4S/c1-4-33-23(18-14-29-20(11-19(18)37-2)31-16-9-10-25(27,28)12-16)21(26)22(32-33)24(34)30-13-15-5-7-17(8-6-15)38(3,35)36/h11,14-17H,4-10,12-13H2,1-3H3,(H,29,31)(H,30,34). The minimum absolute atomic E-state index is 0.0748. The van der Waals surface area contributed by atoms with E-state index < -0.39 is 21.7 Å². The molecule has 0 radical (unpaired) electrons. The first kappa shape index (κ1) is 28.5. The third kappa shape index (κ3) is 6.39. The van der Waals surface area contributed by atoms with E-state index in [9.17, 15) is 22.0 Å². The molecule has 0 bridgehead atoms. The Labute approximate surface area is 226 Å². The summed E-state index contributed by atoms with van der Waals surface area (Å²) < 4.78 is 57.9. The molecule has 9 nitrogen and oxygen atoms in total. The number of hydrogen-bond acceptors (Lipinski definition) is 7. The average molecular weight is 574 g/mol. The van der Waals surface area contributed by atoms with Crippen LogP contribution in [0.4, 0.5) is 14.6 Å². The molecular formula is C25H34ClF2N5O4S. The van der Waals surface area contributed by atoms with Crippen LogP contribution in [0.15, 0.2) is 12.3 Å². The quantitative estimate of drug-likeness (QED) is 0.452. The number of sulfone groups is 1. The van der Waals surface area contributed by atoms with Gasteiger partial charge in [-0.05, 0) is 44.9 Å². The number of hydrogen-bond donors (Lipinski definition) is 2. The maximum absolute atomic E-state index is 13.6. The number of methoxy groups -OCH3 is 1. The molecule has 2 aromatic rings. The molecule has 4 rings (SSSR count). The summed E-state index contributed by atoms with van der Waals surface area (Å²) >= 11 is 6.67. The molecule has 13 heteroatoms. The summed E-state index contributed by atoms with van der Waals surface area (Å²) in [5, 5.41) is 10.2. The molecule has 1 atom stereocenters. The number of aromatic nitrogens is 3. The topological polar surface area (TPSA) is 115 Å². The third-order valence-corrected chi connectivity index (χ3v) is 9.50. The summed E-state index contributed by atoms with van der Waals surface area (Å²) in [5.41, 5.74) is 1.06. The number of nitrogens with one attached hydrogen (secondary N) is 2. The second kappa shape index (κ2) is 11.3. The molecule has 0 spiro atoms. The van der Waals surface area contributed by atoms with Crippen LogP contribution in [0.1, 0.15) is 62.4 Å². The fourth-order valence-electron chi connectivity index (χ4n) is 5.30. The normalized spacial score (nSPS) is 23.3. The second-order valence-corrected chi connectivity index (χ2v) is 12.9. The van der Waals surface area contributed by atoms with Gasteiger partial charge in [0.05, 0.1) is 28.6 Å². The summed E-state index contributed by atoms with van der Waals surface area (Å²) in [6.45, 7) is 2.70. The molecule has 1 unspecified atom stereocenters. The Kier molecular flexibility index (Phi) is 8.51. The predicted molar refractivity (Wildman–Crippen MR) is 142 cm³/mol. The van der Waals surface area contributed by atoms with Crippen LogP contribution in [0.25, 0.3) is 11.3 Å². The number of carbonyl (C=O) groups excluding carboxylic acids is 1. The van der Waals surface area contributed by atoms with E-state index >= 15 is 0 Å². The molecule has 2 saturated carbocycles. The number of amides is 1. The summed E-state index contributed by atoms with van der Waals surface area (Å²) in [6.07, 6.45) is 5.39.